The predicted molar refractivity (Wildman–Crippen MR) is 78.0 cm³/mol. The summed E-state index contributed by atoms with van der Waals surface area (Å²) >= 11 is 0. The number of piperidine rings is 1. The maximum atomic E-state index is 12.2. The second-order valence-electron chi connectivity index (χ2n) is 5.35. The first-order valence-corrected chi connectivity index (χ1v) is 7.29. The Bertz CT molecular complexity index is 385. The van der Waals surface area contributed by atoms with Crippen LogP contribution in [-0.4, -0.2) is 37.0 Å². The molecule has 0 radical (unpaired) electrons. The quantitative estimate of drug-likeness (QED) is 0.880. The normalized spacial score (nSPS) is 19.1. The van der Waals surface area contributed by atoms with Crippen molar-refractivity contribution in [3.8, 4) is 0 Å². The van der Waals surface area contributed by atoms with Gasteiger partial charge in [0.2, 0.25) is 5.91 Å². The number of aryl methyl sites for hydroxylation is 1. The van der Waals surface area contributed by atoms with Crippen molar-refractivity contribution in [2.75, 3.05) is 20.1 Å². The summed E-state index contributed by atoms with van der Waals surface area (Å²) in [5, 5.41) is 3.32. The number of nitrogens with one attached hydrogen (secondary N) is 1. The third kappa shape index (κ3) is 4.35. The second-order valence-corrected chi connectivity index (χ2v) is 5.35. The molecule has 1 heterocycles. The third-order valence-corrected chi connectivity index (χ3v) is 3.79. The topological polar surface area (TPSA) is 32.3 Å². The summed E-state index contributed by atoms with van der Waals surface area (Å²) in [7, 11) is 1.92. The van der Waals surface area contributed by atoms with E-state index in [2.05, 4.69) is 29.6 Å². The number of rotatable bonds is 5. The van der Waals surface area contributed by atoms with Gasteiger partial charge in [0.05, 0.1) is 6.04 Å². The minimum absolute atomic E-state index is 0.0514. The Morgan fingerprint density at radius 3 is 2.79 bits per heavy atom. The van der Waals surface area contributed by atoms with Crippen molar-refractivity contribution in [3.05, 3.63) is 35.9 Å². The zero-order valence-corrected chi connectivity index (χ0v) is 11.8. The van der Waals surface area contributed by atoms with Crippen LogP contribution in [-0.2, 0) is 11.2 Å². The lowest BCUT2D eigenvalue weighted by Crippen LogP contribution is -2.47. The van der Waals surface area contributed by atoms with Gasteiger partial charge in [0.1, 0.15) is 0 Å². The Morgan fingerprint density at radius 1 is 1.32 bits per heavy atom. The molecule has 1 aromatic rings. The summed E-state index contributed by atoms with van der Waals surface area (Å²) in [6.07, 6.45) is 5.42. The maximum absolute atomic E-state index is 12.2. The van der Waals surface area contributed by atoms with E-state index in [0.717, 1.165) is 32.4 Å². The fourth-order valence-corrected chi connectivity index (χ4v) is 2.60. The Kier molecular flexibility index (Phi) is 5.40. The molecule has 1 aliphatic heterocycles. The highest BCUT2D eigenvalue weighted by atomic mass is 16.2. The molecule has 3 heteroatoms. The molecule has 1 N–H and O–H groups in total. The third-order valence-electron chi connectivity index (χ3n) is 3.79. The number of amides is 1. The highest BCUT2D eigenvalue weighted by molar-refractivity contribution is 5.81. The van der Waals surface area contributed by atoms with Crippen molar-refractivity contribution >= 4 is 5.91 Å². The molecular formula is C16H24N2O. The van der Waals surface area contributed by atoms with Crippen molar-refractivity contribution in [1.29, 1.82) is 0 Å². The van der Waals surface area contributed by atoms with Crippen LogP contribution in [0.2, 0.25) is 0 Å². The van der Waals surface area contributed by atoms with Gasteiger partial charge in [-0.05, 0) is 37.8 Å². The molecule has 0 spiro atoms. The van der Waals surface area contributed by atoms with E-state index in [0.29, 0.717) is 0 Å². The van der Waals surface area contributed by atoms with E-state index in [1.165, 1.54) is 18.4 Å². The van der Waals surface area contributed by atoms with Crippen LogP contribution in [0.5, 0.6) is 0 Å². The Balaban J connectivity index is 1.71. The number of carbonyl (C=O) groups excluding carboxylic acids is 1. The van der Waals surface area contributed by atoms with Gasteiger partial charge in [-0.15, -0.1) is 0 Å². The lowest BCUT2D eigenvalue weighted by Gasteiger charge is -2.27. The van der Waals surface area contributed by atoms with Gasteiger partial charge in [-0.1, -0.05) is 36.8 Å². The zero-order valence-electron chi connectivity index (χ0n) is 11.8. The van der Waals surface area contributed by atoms with Gasteiger partial charge in [0, 0.05) is 13.6 Å². The number of carbonyl (C=O) groups is 1. The smallest absolute Gasteiger partial charge is 0.239 e. The molecule has 2 rings (SSSR count). The van der Waals surface area contributed by atoms with E-state index in [9.17, 15) is 4.79 Å². The van der Waals surface area contributed by atoms with Crippen LogP contribution in [0.4, 0.5) is 0 Å². The molecular weight excluding hydrogens is 236 g/mol. The zero-order chi connectivity index (χ0) is 13.5. The van der Waals surface area contributed by atoms with E-state index in [1.807, 2.05) is 18.0 Å². The molecule has 19 heavy (non-hydrogen) atoms. The monoisotopic (exact) mass is 260 g/mol. The summed E-state index contributed by atoms with van der Waals surface area (Å²) in [5.41, 5.74) is 1.35. The summed E-state index contributed by atoms with van der Waals surface area (Å²) in [4.78, 5) is 14.1. The van der Waals surface area contributed by atoms with E-state index in [1.54, 1.807) is 0 Å². The molecule has 1 saturated heterocycles. The molecule has 104 valence electrons. The molecule has 1 aromatic carbocycles. The van der Waals surface area contributed by atoms with Gasteiger partial charge >= 0.3 is 0 Å². The van der Waals surface area contributed by atoms with Crippen LogP contribution >= 0.6 is 0 Å². The molecule has 0 aliphatic carbocycles. The second kappa shape index (κ2) is 7.29. The van der Waals surface area contributed by atoms with Gasteiger partial charge in [0.15, 0.2) is 0 Å². The molecule has 3 nitrogen and oxygen atoms in total. The molecule has 0 saturated carbocycles. The number of hydrogen-bond acceptors (Lipinski definition) is 2. The van der Waals surface area contributed by atoms with Gasteiger partial charge in [-0.3, -0.25) is 4.79 Å². The number of nitrogens with zero attached hydrogens (tertiary/aromatic N) is 1. The highest BCUT2D eigenvalue weighted by Crippen LogP contribution is 2.10. The van der Waals surface area contributed by atoms with Crippen molar-refractivity contribution in [2.24, 2.45) is 0 Å². The van der Waals surface area contributed by atoms with Crippen LogP contribution in [0, 0.1) is 0 Å². The molecule has 1 aliphatic rings. The lowest BCUT2D eigenvalue weighted by atomic mass is 10.0. The molecule has 0 aromatic heterocycles. The van der Waals surface area contributed by atoms with Crippen LogP contribution in [0.15, 0.2) is 30.3 Å². The number of likely N-dealkylation sites (N-methyl/N-ethyl adjacent to an activating group) is 1. The summed E-state index contributed by atoms with van der Waals surface area (Å²) in [5.74, 6) is 0.257. The Labute approximate surface area is 116 Å². The van der Waals surface area contributed by atoms with Crippen LogP contribution < -0.4 is 5.32 Å². The fourth-order valence-electron chi connectivity index (χ4n) is 2.60. The maximum Gasteiger partial charge on any atom is 0.239 e. The SMILES string of the molecule is CN(CCCc1ccccc1)C(=O)C1CCCCN1. The van der Waals surface area contributed by atoms with Gasteiger partial charge in [0.25, 0.3) is 0 Å². The van der Waals surface area contributed by atoms with Crippen LogP contribution in [0.1, 0.15) is 31.2 Å². The van der Waals surface area contributed by atoms with E-state index in [4.69, 9.17) is 0 Å². The van der Waals surface area contributed by atoms with Crippen LogP contribution in [0.3, 0.4) is 0 Å². The predicted octanol–water partition coefficient (Wildman–Crippen LogP) is 2.22. The Morgan fingerprint density at radius 2 is 2.11 bits per heavy atom. The first-order chi connectivity index (χ1) is 9.27. The minimum Gasteiger partial charge on any atom is -0.344 e. The number of benzene rings is 1. The molecule has 0 bridgehead atoms. The molecule has 1 fully saturated rings. The standard InChI is InChI=1S/C16H24N2O/c1-18(16(19)15-11-5-6-12-17-15)13-7-10-14-8-3-2-4-9-14/h2-4,8-9,15,17H,5-7,10-13H2,1H3. The largest absolute Gasteiger partial charge is 0.344 e. The first kappa shape index (κ1) is 14.1. The van der Waals surface area contributed by atoms with E-state index < -0.39 is 0 Å². The first-order valence-electron chi connectivity index (χ1n) is 7.29. The van der Waals surface area contributed by atoms with Gasteiger partial charge < -0.3 is 10.2 Å². The average molecular weight is 260 g/mol. The number of hydrogen-bond donors (Lipinski definition) is 1. The van der Waals surface area contributed by atoms with Crippen molar-refractivity contribution in [3.63, 3.8) is 0 Å². The average Bonchev–Trinajstić information content (AvgIpc) is 2.48. The van der Waals surface area contributed by atoms with Crippen molar-refractivity contribution in [2.45, 2.75) is 38.1 Å². The summed E-state index contributed by atoms with van der Waals surface area (Å²) in [6, 6.07) is 10.5. The van der Waals surface area contributed by atoms with Gasteiger partial charge in [-0.25, -0.2) is 0 Å². The van der Waals surface area contributed by atoms with Crippen molar-refractivity contribution < 1.29 is 4.79 Å². The Hall–Kier alpha value is -1.35. The molecule has 1 amide bonds. The van der Waals surface area contributed by atoms with E-state index in [-0.39, 0.29) is 11.9 Å². The minimum atomic E-state index is 0.0514. The lowest BCUT2D eigenvalue weighted by molar-refractivity contribution is -0.132. The highest BCUT2D eigenvalue weighted by Gasteiger charge is 2.22. The van der Waals surface area contributed by atoms with E-state index >= 15 is 0 Å². The fraction of sp³-hybridized carbons (Fsp3) is 0.562. The summed E-state index contributed by atoms with van der Waals surface area (Å²) < 4.78 is 0. The molecule has 1 atom stereocenters. The van der Waals surface area contributed by atoms with Crippen LogP contribution in [0.25, 0.3) is 0 Å². The summed E-state index contributed by atoms with van der Waals surface area (Å²) in [6.45, 7) is 1.82. The van der Waals surface area contributed by atoms with Gasteiger partial charge in [-0.2, -0.15) is 0 Å². The van der Waals surface area contributed by atoms with Crippen molar-refractivity contribution in [1.82, 2.24) is 10.2 Å². The molecule has 1 unspecified atom stereocenters.